The Balaban J connectivity index is 2.11. The number of esters is 1. The molecule has 0 aliphatic rings. The van der Waals surface area contributed by atoms with Crippen LogP contribution in [0.25, 0.3) is 0 Å². The summed E-state index contributed by atoms with van der Waals surface area (Å²) in [4.78, 5) is 23.8. The molecule has 0 saturated carbocycles. The van der Waals surface area contributed by atoms with Gasteiger partial charge in [0.15, 0.2) is 17.6 Å². The number of methoxy groups -OCH3 is 2. The van der Waals surface area contributed by atoms with Gasteiger partial charge >= 0.3 is 12.1 Å². The van der Waals surface area contributed by atoms with Gasteiger partial charge in [0, 0.05) is 5.69 Å². The van der Waals surface area contributed by atoms with E-state index in [1.807, 2.05) is 0 Å². The molecule has 6 nitrogen and oxygen atoms in total. The molecule has 0 saturated heterocycles. The largest absolute Gasteiger partial charge is 0.493 e. The Morgan fingerprint density at radius 2 is 1.75 bits per heavy atom. The zero-order valence-corrected chi connectivity index (χ0v) is 15.3. The maximum atomic E-state index is 12.8. The third kappa shape index (κ3) is 5.15. The van der Waals surface area contributed by atoms with Crippen molar-refractivity contribution in [3.8, 4) is 11.5 Å². The van der Waals surface area contributed by atoms with Crippen LogP contribution in [0.2, 0.25) is 0 Å². The second-order valence-corrected chi connectivity index (χ2v) is 5.69. The van der Waals surface area contributed by atoms with Crippen molar-refractivity contribution in [3.63, 3.8) is 0 Å². The van der Waals surface area contributed by atoms with E-state index in [-0.39, 0.29) is 22.7 Å². The summed E-state index contributed by atoms with van der Waals surface area (Å²) in [6.07, 6.45) is -5.56. The Kier molecular flexibility index (Phi) is 6.50. The highest BCUT2D eigenvalue weighted by atomic mass is 19.4. The molecule has 0 aromatic heterocycles. The van der Waals surface area contributed by atoms with Gasteiger partial charge < -0.3 is 19.5 Å². The maximum absolute atomic E-state index is 12.8. The van der Waals surface area contributed by atoms with Gasteiger partial charge in [-0.25, -0.2) is 4.79 Å². The van der Waals surface area contributed by atoms with Crippen LogP contribution in [0.3, 0.4) is 0 Å². The van der Waals surface area contributed by atoms with Crippen LogP contribution < -0.4 is 14.8 Å². The Morgan fingerprint density at radius 1 is 1.04 bits per heavy atom. The van der Waals surface area contributed by atoms with Crippen molar-refractivity contribution in [3.05, 3.63) is 53.6 Å². The van der Waals surface area contributed by atoms with Gasteiger partial charge in [-0.2, -0.15) is 13.2 Å². The summed E-state index contributed by atoms with van der Waals surface area (Å²) in [5.74, 6) is -0.845. The third-order valence-electron chi connectivity index (χ3n) is 3.72. The fourth-order valence-electron chi connectivity index (χ4n) is 2.27. The standard InChI is InChI=1S/C19H18F3NO5/c1-11(17(24)23-14-6-4-5-13(10-14)19(20,21)22)28-15-8-7-12(18(25)27-3)9-16(15)26-2/h4-11H,1-3H3,(H,23,24)/t11-/m1/s1. The molecular weight excluding hydrogens is 379 g/mol. The fourth-order valence-corrected chi connectivity index (χ4v) is 2.27. The number of hydrogen-bond donors (Lipinski definition) is 1. The minimum absolute atomic E-state index is 0.0109. The van der Waals surface area contributed by atoms with E-state index in [1.165, 1.54) is 51.5 Å². The molecule has 0 aliphatic carbocycles. The number of ether oxygens (including phenoxy) is 3. The number of amides is 1. The topological polar surface area (TPSA) is 73.9 Å². The second kappa shape index (κ2) is 8.64. The number of alkyl halides is 3. The number of carbonyl (C=O) groups excluding carboxylic acids is 2. The smallest absolute Gasteiger partial charge is 0.416 e. The van der Waals surface area contributed by atoms with E-state index in [4.69, 9.17) is 9.47 Å². The molecule has 0 bridgehead atoms. The van der Waals surface area contributed by atoms with Crippen molar-refractivity contribution in [1.82, 2.24) is 0 Å². The first-order valence-corrected chi connectivity index (χ1v) is 8.07. The Labute approximate surface area is 159 Å². The molecule has 28 heavy (non-hydrogen) atoms. The van der Waals surface area contributed by atoms with Crippen molar-refractivity contribution in [2.24, 2.45) is 0 Å². The van der Waals surface area contributed by atoms with Gasteiger partial charge in [-0.05, 0) is 43.3 Å². The van der Waals surface area contributed by atoms with Gasteiger partial charge in [-0.15, -0.1) is 0 Å². The zero-order chi connectivity index (χ0) is 20.9. The van der Waals surface area contributed by atoms with E-state index in [2.05, 4.69) is 10.1 Å². The monoisotopic (exact) mass is 397 g/mol. The fraction of sp³-hybridized carbons (Fsp3) is 0.263. The van der Waals surface area contributed by atoms with E-state index in [0.717, 1.165) is 12.1 Å². The molecule has 0 fully saturated rings. The van der Waals surface area contributed by atoms with Gasteiger partial charge in [-0.1, -0.05) is 6.07 Å². The number of carbonyl (C=O) groups is 2. The highest BCUT2D eigenvalue weighted by Crippen LogP contribution is 2.31. The van der Waals surface area contributed by atoms with Crippen LogP contribution in [0.15, 0.2) is 42.5 Å². The lowest BCUT2D eigenvalue weighted by atomic mass is 10.2. The van der Waals surface area contributed by atoms with Crippen molar-refractivity contribution in [2.45, 2.75) is 19.2 Å². The summed E-state index contributed by atoms with van der Waals surface area (Å²) >= 11 is 0. The predicted molar refractivity (Wildman–Crippen MR) is 94.5 cm³/mol. The van der Waals surface area contributed by atoms with Gasteiger partial charge in [0.2, 0.25) is 0 Å². The summed E-state index contributed by atoms with van der Waals surface area (Å²) in [7, 11) is 2.59. The van der Waals surface area contributed by atoms with Gasteiger partial charge in [0.25, 0.3) is 5.91 Å². The van der Waals surface area contributed by atoms with Gasteiger partial charge in [0.1, 0.15) is 0 Å². The Hall–Kier alpha value is -3.23. The third-order valence-corrected chi connectivity index (χ3v) is 3.72. The van der Waals surface area contributed by atoms with E-state index in [9.17, 15) is 22.8 Å². The first kappa shape index (κ1) is 21.1. The maximum Gasteiger partial charge on any atom is 0.416 e. The lowest BCUT2D eigenvalue weighted by Gasteiger charge is -2.17. The molecule has 2 aromatic carbocycles. The summed E-state index contributed by atoms with van der Waals surface area (Å²) < 4.78 is 53.6. The number of hydrogen-bond acceptors (Lipinski definition) is 5. The van der Waals surface area contributed by atoms with Crippen molar-refractivity contribution >= 4 is 17.6 Å². The number of halogens is 3. The lowest BCUT2D eigenvalue weighted by molar-refractivity contribution is -0.137. The normalized spacial score (nSPS) is 12.1. The van der Waals surface area contributed by atoms with Crippen LogP contribution in [0.5, 0.6) is 11.5 Å². The Morgan fingerprint density at radius 3 is 2.36 bits per heavy atom. The Bertz CT molecular complexity index is 867. The molecule has 2 rings (SSSR count). The summed E-state index contributed by atoms with van der Waals surface area (Å²) in [5, 5.41) is 2.37. The van der Waals surface area contributed by atoms with Crippen molar-refractivity contribution in [2.75, 3.05) is 19.5 Å². The van der Waals surface area contributed by atoms with Crippen LogP contribution in [-0.2, 0) is 15.7 Å². The van der Waals surface area contributed by atoms with Gasteiger partial charge in [-0.3, -0.25) is 4.79 Å². The van der Waals surface area contributed by atoms with Crippen LogP contribution in [0.1, 0.15) is 22.8 Å². The molecule has 0 heterocycles. The zero-order valence-electron chi connectivity index (χ0n) is 15.3. The first-order chi connectivity index (χ1) is 13.2. The molecule has 9 heteroatoms. The molecule has 1 amide bonds. The minimum Gasteiger partial charge on any atom is -0.493 e. The average Bonchev–Trinajstić information content (AvgIpc) is 2.67. The number of nitrogens with one attached hydrogen (secondary N) is 1. The molecule has 1 atom stereocenters. The molecule has 0 radical (unpaired) electrons. The van der Waals surface area contributed by atoms with E-state index in [1.54, 1.807) is 0 Å². The summed E-state index contributed by atoms with van der Waals surface area (Å²) in [5.41, 5.74) is -0.657. The molecule has 2 aromatic rings. The molecule has 0 aliphatic heterocycles. The molecule has 150 valence electrons. The molecular formula is C19H18F3NO5. The number of anilines is 1. The van der Waals surface area contributed by atoms with E-state index < -0.39 is 29.7 Å². The first-order valence-electron chi connectivity index (χ1n) is 8.07. The number of rotatable bonds is 6. The van der Waals surface area contributed by atoms with Crippen LogP contribution in [0.4, 0.5) is 18.9 Å². The number of benzene rings is 2. The quantitative estimate of drug-likeness (QED) is 0.749. The SMILES string of the molecule is COC(=O)c1ccc(O[C@H](C)C(=O)Nc2cccc(C(F)(F)F)c2)c(OC)c1. The highest BCUT2D eigenvalue weighted by Gasteiger charge is 2.30. The molecule has 0 unspecified atom stereocenters. The van der Waals surface area contributed by atoms with Crippen molar-refractivity contribution < 1.29 is 37.0 Å². The van der Waals surface area contributed by atoms with Crippen molar-refractivity contribution in [1.29, 1.82) is 0 Å². The molecule has 0 spiro atoms. The summed E-state index contributed by atoms with van der Waals surface area (Å²) in [6, 6.07) is 8.52. The minimum atomic E-state index is -4.52. The summed E-state index contributed by atoms with van der Waals surface area (Å²) in [6.45, 7) is 1.43. The second-order valence-electron chi connectivity index (χ2n) is 5.69. The average molecular weight is 397 g/mol. The van der Waals surface area contributed by atoms with Crippen LogP contribution in [-0.4, -0.2) is 32.2 Å². The molecule has 1 N–H and O–H groups in total. The van der Waals surface area contributed by atoms with Crippen LogP contribution in [0, 0.1) is 0 Å². The van der Waals surface area contributed by atoms with Crippen LogP contribution >= 0.6 is 0 Å². The highest BCUT2D eigenvalue weighted by molar-refractivity contribution is 5.94. The van der Waals surface area contributed by atoms with E-state index >= 15 is 0 Å². The van der Waals surface area contributed by atoms with Gasteiger partial charge in [0.05, 0.1) is 25.3 Å². The lowest BCUT2D eigenvalue weighted by Crippen LogP contribution is -2.30. The predicted octanol–water partition coefficient (Wildman–Crippen LogP) is 3.91. The van der Waals surface area contributed by atoms with E-state index in [0.29, 0.717) is 0 Å².